The van der Waals surface area contributed by atoms with Gasteiger partial charge in [0.2, 0.25) is 0 Å². The highest BCUT2D eigenvalue weighted by Gasteiger charge is 2.08. The van der Waals surface area contributed by atoms with E-state index in [1.807, 2.05) is 31.4 Å². The quantitative estimate of drug-likeness (QED) is 0.710. The van der Waals surface area contributed by atoms with Gasteiger partial charge in [0, 0.05) is 10.6 Å². The Morgan fingerprint density at radius 1 is 1.19 bits per heavy atom. The van der Waals surface area contributed by atoms with Crippen LogP contribution in [-0.4, -0.2) is 0 Å². The molecule has 1 aromatic heterocycles. The molecular weight excluding hydrogens is 220 g/mol. The van der Waals surface area contributed by atoms with Crippen LogP contribution in [0.15, 0.2) is 34.9 Å². The molecule has 0 saturated heterocycles. The second-order valence-electron chi connectivity index (χ2n) is 4.36. The fraction of sp³-hybridized carbons (Fsp3) is 0.286. The zero-order chi connectivity index (χ0) is 11.7. The minimum atomic E-state index is 0.485. The first-order valence-corrected chi connectivity index (χ1v) is 5.80. The molecule has 2 heteroatoms. The van der Waals surface area contributed by atoms with Gasteiger partial charge in [-0.05, 0) is 36.1 Å². The Hall–Kier alpha value is -1.21. The highest BCUT2D eigenvalue weighted by Crippen LogP contribution is 2.28. The summed E-state index contributed by atoms with van der Waals surface area (Å²) in [4.78, 5) is 0. The smallest absolute Gasteiger partial charge is 0.134 e. The van der Waals surface area contributed by atoms with E-state index in [2.05, 4.69) is 19.9 Å². The summed E-state index contributed by atoms with van der Waals surface area (Å²) in [7, 11) is 0. The zero-order valence-electron chi connectivity index (χ0n) is 9.75. The Labute approximate surface area is 101 Å². The predicted molar refractivity (Wildman–Crippen MR) is 68.0 cm³/mol. The van der Waals surface area contributed by atoms with E-state index in [0.29, 0.717) is 5.92 Å². The highest BCUT2D eigenvalue weighted by atomic mass is 35.5. The minimum Gasteiger partial charge on any atom is -0.464 e. The zero-order valence-corrected chi connectivity index (χ0v) is 10.5. The van der Waals surface area contributed by atoms with Crippen molar-refractivity contribution in [2.45, 2.75) is 26.7 Å². The van der Waals surface area contributed by atoms with Gasteiger partial charge in [0.1, 0.15) is 5.76 Å². The van der Waals surface area contributed by atoms with Crippen LogP contribution in [0.2, 0.25) is 5.02 Å². The van der Waals surface area contributed by atoms with E-state index in [4.69, 9.17) is 16.0 Å². The van der Waals surface area contributed by atoms with Crippen LogP contribution in [0.3, 0.4) is 0 Å². The Balaban J connectivity index is 2.39. The van der Waals surface area contributed by atoms with Gasteiger partial charge in [-0.15, -0.1) is 0 Å². The van der Waals surface area contributed by atoms with Crippen molar-refractivity contribution in [2.24, 2.45) is 0 Å². The van der Waals surface area contributed by atoms with Crippen LogP contribution in [0.25, 0.3) is 11.3 Å². The molecule has 16 heavy (non-hydrogen) atoms. The van der Waals surface area contributed by atoms with Gasteiger partial charge in [-0.25, -0.2) is 0 Å². The summed E-state index contributed by atoms with van der Waals surface area (Å²) in [5.74, 6) is 1.36. The van der Waals surface area contributed by atoms with Crippen LogP contribution in [0.5, 0.6) is 0 Å². The molecular formula is C14H15ClO. The lowest BCUT2D eigenvalue weighted by Gasteiger charge is -2.00. The van der Waals surface area contributed by atoms with Crippen LogP contribution in [0.4, 0.5) is 0 Å². The molecule has 1 nitrogen and oxygen atoms in total. The van der Waals surface area contributed by atoms with Crippen molar-refractivity contribution in [1.82, 2.24) is 0 Å². The van der Waals surface area contributed by atoms with E-state index in [0.717, 1.165) is 21.9 Å². The van der Waals surface area contributed by atoms with E-state index in [1.54, 1.807) is 0 Å². The number of furan rings is 1. The molecule has 0 fully saturated rings. The summed E-state index contributed by atoms with van der Waals surface area (Å²) in [5.41, 5.74) is 3.33. The fourth-order valence-corrected chi connectivity index (χ4v) is 1.73. The van der Waals surface area contributed by atoms with Crippen LogP contribution in [0.1, 0.15) is 30.9 Å². The SMILES string of the molecule is Cc1ccc(-c2cc(C(C)C)co2)cc1Cl. The minimum absolute atomic E-state index is 0.485. The van der Waals surface area contributed by atoms with Gasteiger partial charge in [-0.1, -0.05) is 37.6 Å². The van der Waals surface area contributed by atoms with E-state index in [-0.39, 0.29) is 0 Å². The molecule has 0 aliphatic carbocycles. The van der Waals surface area contributed by atoms with Gasteiger partial charge in [0.25, 0.3) is 0 Å². The third kappa shape index (κ3) is 2.14. The number of aryl methyl sites for hydroxylation is 1. The average Bonchev–Trinajstić information content (AvgIpc) is 2.71. The summed E-state index contributed by atoms with van der Waals surface area (Å²) in [6.07, 6.45) is 1.81. The largest absolute Gasteiger partial charge is 0.464 e. The van der Waals surface area contributed by atoms with Crippen molar-refractivity contribution in [3.05, 3.63) is 46.7 Å². The number of benzene rings is 1. The third-order valence-electron chi connectivity index (χ3n) is 2.74. The van der Waals surface area contributed by atoms with Crippen molar-refractivity contribution < 1.29 is 4.42 Å². The monoisotopic (exact) mass is 234 g/mol. The molecule has 1 heterocycles. The van der Waals surface area contributed by atoms with E-state index in [9.17, 15) is 0 Å². The lowest BCUT2D eigenvalue weighted by atomic mass is 10.1. The van der Waals surface area contributed by atoms with Crippen molar-refractivity contribution >= 4 is 11.6 Å². The van der Waals surface area contributed by atoms with Crippen LogP contribution < -0.4 is 0 Å². The number of rotatable bonds is 2. The van der Waals surface area contributed by atoms with Gasteiger partial charge in [-0.3, -0.25) is 0 Å². The summed E-state index contributed by atoms with van der Waals surface area (Å²) >= 11 is 6.09. The van der Waals surface area contributed by atoms with Crippen molar-refractivity contribution in [2.75, 3.05) is 0 Å². The van der Waals surface area contributed by atoms with Gasteiger partial charge in [0.15, 0.2) is 0 Å². The van der Waals surface area contributed by atoms with Gasteiger partial charge in [0.05, 0.1) is 6.26 Å². The molecule has 84 valence electrons. The summed E-state index contributed by atoms with van der Waals surface area (Å²) in [6, 6.07) is 8.06. The molecule has 0 bridgehead atoms. The fourth-order valence-electron chi connectivity index (χ4n) is 1.55. The molecule has 0 radical (unpaired) electrons. The van der Waals surface area contributed by atoms with E-state index >= 15 is 0 Å². The molecule has 0 aliphatic rings. The number of hydrogen-bond donors (Lipinski definition) is 0. The van der Waals surface area contributed by atoms with E-state index in [1.165, 1.54) is 5.56 Å². The number of hydrogen-bond acceptors (Lipinski definition) is 1. The normalized spacial score (nSPS) is 11.1. The standard InChI is InChI=1S/C14H15ClO/c1-9(2)12-7-14(16-8-12)11-5-4-10(3)13(15)6-11/h4-9H,1-3H3. The lowest BCUT2D eigenvalue weighted by molar-refractivity contribution is 0.576. The Kier molecular flexibility index (Phi) is 3.06. The molecule has 0 aliphatic heterocycles. The van der Waals surface area contributed by atoms with Gasteiger partial charge >= 0.3 is 0 Å². The molecule has 2 rings (SSSR count). The summed E-state index contributed by atoms with van der Waals surface area (Å²) < 4.78 is 5.55. The first-order chi connectivity index (χ1) is 7.58. The van der Waals surface area contributed by atoms with Crippen LogP contribution in [-0.2, 0) is 0 Å². The first-order valence-electron chi connectivity index (χ1n) is 5.43. The summed E-state index contributed by atoms with van der Waals surface area (Å²) in [6.45, 7) is 6.29. The Bertz CT molecular complexity index is 497. The number of halogens is 1. The highest BCUT2D eigenvalue weighted by molar-refractivity contribution is 6.31. The van der Waals surface area contributed by atoms with Gasteiger partial charge < -0.3 is 4.42 Å². The van der Waals surface area contributed by atoms with Crippen LogP contribution >= 0.6 is 11.6 Å². The third-order valence-corrected chi connectivity index (χ3v) is 3.15. The summed E-state index contributed by atoms with van der Waals surface area (Å²) in [5, 5.41) is 0.778. The molecule has 0 spiro atoms. The maximum Gasteiger partial charge on any atom is 0.134 e. The lowest BCUT2D eigenvalue weighted by Crippen LogP contribution is -1.81. The molecule has 0 saturated carbocycles. The molecule has 1 aromatic carbocycles. The van der Waals surface area contributed by atoms with Gasteiger partial charge in [-0.2, -0.15) is 0 Å². The topological polar surface area (TPSA) is 13.1 Å². The first kappa shape index (κ1) is 11.3. The van der Waals surface area contributed by atoms with Crippen molar-refractivity contribution in [1.29, 1.82) is 0 Å². The predicted octanol–water partition coefficient (Wildman–Crippen LogP) is 5.03. The maximum atomic E-state index is 6.09. The average molecular weight is 235 g/mol. The van der Waals surface area contributed by atoms with Crippen LogP contribution in [0, 0.1) is 6.92 Å². The molecule has 2 aromatic rings. The molecule has 0 unspecified atom stereocenters. The molecule has 0 atom stereocenters. The Morgan fingerprint density at radius 3 is 2.50 bits per heavy atom. The molecule has 0 N–H and O–H groups in total. The van der Waals surface area contributed by atoms with Crippen molar-refractivity contribution in [3.63, 3.8) is 0 Å². The maximum absolute atomic E-state index is 6.09. The second kappa shape index (κ2) is 4.34. The molecule has 0 amide bonds. The second-order valence-corrected chi connectivity index (χ2v) is 4.77. The van der Waals surface area contributed by atoms with Crippen molar-refractivity contribution in [3.8, 4) is 11.3 Å². The Morgan fingerprint density at radius 2 is 1.94 bits per heavy atom. The van der Waals surface area contributed by atoms with E-state index < -0.39 is 0 Å².